The Morgan fingerprint density at radius 1 is 1.19 bits per heavy atom. The van der Waals surface area contributed by atoms with Gasteiger partial charge in [0.15, 0.2) is 11.8 Å². The quantitative estimate of drug-likeness (QED) is 0.591. The number of aromatic nitrogens is 5. The van der Waals surface area contributed by atoms with Crippen molar-refractivity contribution in [3.63, 3.8) is 0 Å². The fraction of sp³-hybridized carbons (Fsp3) is 0.684. The van der Waals surface area contributed by atoms with Crippen molar-refractivity contribution in [3.8, 4) is 0 Å². The van der Waals surface area contributed by atoms with Gasteiger partial charge in [-0.05, 0) is 19.3 Å². The molecular weight excluding hydrogens is 340 g/mol. The van der Waals surface area contributed by atoms with E-state index in [1.54, 1.807) is 0 Å². The van der Waals surface area contributed by atoms with Crippen molar-refractivity contribution in [2.45, 2.75) is 72.0 Å². The van der Waals surface area contributed by atoms with Crippen molar-refractivity contribution in [2.24, 2.45) is 12.0 Å². The monoisotopic (exact) mass is 372 g/mol. The van der Waals surface area contributed by atoms with Gasteiger partial charge in [0.2, 0.25) is 0 Å². The molecule has 1 aliphatic heterocycles. The summed E-state index contributed by atoms with van der Waals surface area (Å²) in [6, 6.07) is 0.306. The molecule has 3 heterocycles. The second-order valence-electron chi connectivity index (χ2n) is 6.99. The van der Waals surface area contributed by atoms with Crippen molar-refractivity contribution < 1.29 is 0 Å². The van der Waals surface area contributed by atoms with Crippen LogP contribution in [0, 0.1) is 0 Å². The molecule has 148 valence electrons. The highest BCUT2D eigenvalue weighted by atomic mass is 15.4. The van der Waals surface area contributed by atoms with Gasteiger partial charge in [0.25, 0.3) is 0 Å². The Hall–Kier alpha value is -2.38. The van der Waals surface area contributed by atoms with E-state index in [9.17, 15) is 0 Å². The molecule has 0 fully saturated rings. The number of aryl methyl sites for hydroxylation is 4. The summed E-state index contributed by atoms with van der Waals surface area (Å²) in [7, 11) is 3.84. The standard InChI is InChI=1S/C19H32N8/c1-6-15-14(16(7-2)26(5)24-15)11-21-19(20-4)22-13-9-10-18-23-17(8-3)25-27(18)12-13/h13H,6-12H2,1-5H3,(H2,20,21,22). The van der Waals surface area contributed by atoms with E-state index in [-0.39, 0.29) is 0 Å². The molecule has 1 unspecified atom stereocenters. The van der Waals surface area contributed by atoms with Gasteiger partial charge in [-0.3, -0.25) is 9.67 Å². The summed E-state index contributed by atoms with van der Waals surface area (Å²) in [6.45, 7) is 7.99. The molecule has 0 aromatic carbocycles. The predicted molar refractivity (Wildman–Crippen MR) is 107 cm³/mol. The van der Waals surface area contributed by atoms with Gasteiger partial charge in [-0.15, -0.1) is 0 Å². The van der Waals surface area contributed by atoms with Crippen LogP contribution in [0.3, 0.4) is 0 Å². The lowest BCUT2D eigenvalue weighted by molar-refractivity contribution is 0.392. The third-order valence-electron chi connectivity index (χ3n) is 5.24. The number of guanidine groups is 1. The Bertz CT molecular complexity index is 801. The summed E-state index contributed by atoms with van der Waals surface area (Å²) in [5.41, 5.74) is 3.74. The number of hydrogen-bond donors (Lipinski definition) is 2. The molecule has 8 heteroatoms. The maximum atomic E-state index is 4.65. The van der Waals surface area contributed by atoms with E-state index in [0.29, 0.717) is 6.04 Å². The molecule has 8 nitrogen and oxygen atoms in total. The largest absolute Gasteiger partial charge is 0.352 e. The molecule has 0 bridgehead atoms. The molecule has 27 heavy (non-hydrogen) atoms. The fourth-order valence-corrected chi connectivity index (χ4v) is 3.78. The highest BCUT2D eigenvalue weighted by molar-refractivity contribution is 5.80. The minimum absolute atomic E-state index is 0.306. The van der Waals surface area contributed by atoms with Gasteiger partial charge >= 0.3 is 0 Å². The van der Waals surface area contributed by atoms with Gasteiger partial charge in [0.1, 0.15) is 5.82 Å². The zero-order valence-electron chi connectivity index (χ0n) is 17.2. The molecule has 0 amide bonds. The van der Waals surface area contributed by atoms with Crippen LogP contribution in [0.25, 0.3) is 0 Å². The molecule has 2 aromatic heterocycles. The van der Waals surface area contributed by atoms with E-state index in [1.165, 1.54) is 11.3 Å². The number of nitrogens with zero attached hydrogens (tertiary/aromatic N) is 6. The minimum Gasteiger partial charge on any atom is -0.352 e. The zero-order valence-corrected chi connectivity index (χ0v) is 17.2. The van der Waals surface area contributed by atoms with Crippen LogP contribution >= 0.6 is 0 Å². The average molecular weight is 373 g/mol. The summed E-state index contributed by atoms with van der Waals surface area (Å²) in [6.07, 6.45) is 4.78. The Morgan fingerprint density at radius 3 is 2.67 bits per heavy atom. The van der Waals surface area contributed by atoms with Crippen molar-refractivity contribution in [1.82, 2.24) is 35.2 Å². The van der Waals surface area contributed by atoms with Crippen LogP contribution < -0.4 is 10.6 Å². The molecule has 1 aliphatic rings. The third-order valence-corrected chi connectivity index (χ3v) is 5.24. The lowest BCUT2D eigenvalue weighted by Crippen LogP contribution is -2.46. The first-order valence-corrected chi connectivity index (χ1v) is 10.0. The topological polar surface area (TPSA) is 84.9 Å². The van der Waals surface area contributed by atoms with Gasteiger partial charge in [-0.25, -0.2) is 9.67 Å². The molecule has 1 atom stereocenters. The molecule has 2 aromatic rings. The van der Waals surface area contributed by atoms with Crippen molar-refractivity contribution >= 4 is 5.96 Å². The van der Waals surface area contributed by atoms with Gasteiger partial charge < -0.3 is 10.6 Å². The number of nitrogens with one attached hydrogen (secondary N) is 2. The van der Waals surface area contributed by atoms with Crippen LogP contribution in [0.2, 0.25) is 0 Å². The maximum absolute atomic E-state index is 4.65. The van der Waals surface area contributed by atoms with Gasteiger partial charge in [0.05, 0.1) is 12.2 Å². The highest BCUT2D eigenvalue weighted by Crippen LogP contribution is 2.16. The molecule has 3 rings (SSSR count). The van der Waals surface area contributed by atoms with E-state index in [4.69, 9.17) is 0 Å². The smallest absolute Gasteiger partial charge is 0.191 e. The van der Waals surface area contributed by atoms with E-state index >= 15 is 0 Å². The van der Waals surface area contributed by atoms with Crippen LogP contribution in [0.15, 0.2) is 4.99 Å². The molecule has 0 saturated carbocycles. The van der Waals surface area contributed by atoms with E-state index in [0.717, 1.165) is 68.5 Å². The second kappa shape index (κ2) is 8.54. The van der Waals surface area contributed by atoms with Crippen LogP contribution in [0.4, 0.5) is 0 Å². The number of fused-ring (bicyclic) bond motifs is 1. The first-order valence-electron chi connectivity index (χ1n) is 10.0. The van der Waals surface area contributed by atoms with Crippen LogP contribution in [0.5, 0.6) is 0 Å². The molecule has 0 saturated heterocycles. The van der Waals surface area contributed by atoms with Crippen LogP contribution in [-0.2, 0) is 45.8 Å². The summed E-state index contributed by atoms with van der Waals surface area (Å²) in [4.78, 5) is 9.00. The van der Waals surface area contributed by atoms with Crippen molar-refractivity contribution in [2.75, 3.05) is 7.05 Å². The first kappa shape index (κ1) is 19.4. The maximum Gasteiger partial charge on any atom is 0.191 e. The minimum atomic E-state index is 0.306. The Kier molecular flexibility index (Phi) is 6.13. The summed E-state index contributed by atoms with van der Waals surface area (Å²) in [5.74, 6) is 2.86. The summed E-state index contributed by atoms with van der Waals surface area (Å²) >= 11 is 0. The Labute approximate surface area is 161 Å². The Morgan fingerprint density at radius 2 is 2.00 bits per heavy atom. The number of hydrogen-bond acceptors (Lipinski definition) is 4. The van der Waals surface area contributed by atoms with Gasteiger partial charge in [-0.1, -0.05) is 20.8 Å². The van der Waals surface area contributed by atoms with E-state index < -0.39 is 0 Å². The lowest BCUT2D eigenvalue weighted by atomic mass is 10.1. The van der Waals surface area contributed by atoms with E-state index in [1.807, 2.05) is 23.5 Å². The fourth-order valence-electron chi connectivity index (χ4n) is 3.78. The number of aliphatic imine (C=N–C) groups is 1. The number of rotatable bonds is 6. The van der Waals surface area contributed by atoms with Gasteiger partial charge in [-0.2, -0.15) is 10.2 Å². The summed E-state index contributed by atoms with van der Waals surface area (Å²) in [5, 5.41) is 16.3. The van der Waals surface area contributed by atoms with Gasteiger partial charge in [0, 0.05) is 50.8 Å². The molecule has 2 N–H and O–H groups in total. The second-order valence-corrected chi connectivity index (χ2v) is 6.99. The molecule has 0 spiro atoms. The van der Waals surface area contributed by atoms with Crippen LogP contribution in [0.1, 0.15) is 55.8 Å². The van der Waals surface area contributed by atoms with E-state index in [2.05, 4.69) is 51.6 Å². The first-order chi connectivity index (χ1) is 13.1. The third kappa shape index (κ3) is 4.14. The summed E-state index contributed by atoms with van der Waals surface area (Å²) < 4.78 is 4.05. The normalized spacial score (nSPS) is 17.1. The van der Waals surface area contributed by atoms with Crippen LogP contribution in [-0.4, -0.2) is 43.6 Å². The molecular formula is C19H32N8. The molecule has 0 aliphatic carbocycles. The van der Waals surface area contributed by atoms with Crippen molar-refractivity contribution in [1.29, 1.82) is 0 Å². The zero-order chi connectivity index (χ0) is 19.4. The van der Waals surface area contributed by atoms with Crippen molar-refractivity contribution in [3.05, 3.63) is 28.6 Å². The highest BCUT2D eigenvalue weighted by Gasteiger charge is 2.22. The molecule has 0 radical (unpaired) electrons. The average Bonchev–Trinajstić information content (AvgIpc) is 3.24. The predicted octanol–water partition coefficient (Wildman–Crippen LogP) is 1.38. The lowest BCUT2D eigenvalue weighted by Gasteiger charge is -2.25. The Balaban J connectivity index is 1.62. The SMILES string of the molecule is CCc1nc2n(n1)CC(NC(=NC)NCc1c(CC)nn(C)c1CC)CC2.